The lowest BCUT2D eigenvalue weighted by Crippen LogP contribution is -2.04. The lowest BCUT2D eigenvalue weighted by atomic mass is 10.1. The molecule has 0 saturated heterocycles. The first-order valence-electron chi connectivity index (χ1n) is 7.56. The number of hydrogen-bond donors (Lipinski definition) is 0. The fourth-order valence-electron chi connectivity index (χ4n) is 2.42. The minimum absolute atomic E-state index is 0.252. The van der Waals surface area contributed by atoms with Gasteiger partial charge in [-0.15, -0.1) is 0 Å². The van der Waals surface area contributed by atoms with Crippen molar-refractivity contribution in [2.75, 3.05) is 6.61 Å². The molecule has 118 valence electrons. The van der Waals surface area contributed by atoms with Crippen molar-refractivity contribution in [3.63, 3.8) is 0 Å². The first-order valence-corrected chi connectivity index (χ1v) is 7.56. The van der Waals surface area contributed by atoms with Gasteiger partial charge in [0, 0.05) is 10.9 Å². The van der Waals surface area contributed by atoms with Gasteiger partial charge >= 0.3 is 5.97 Å². The SMILES string of the molecule is CCOC(=O)c1oc2ccc(OCc3ccccc3)cc2c1C. The molecular formula is C19H18O4. The van der Waals surface area contributed by atoms with Crippen LogP contribution in [0, 0.1) is 6.92 Å². The van der Waals surface area contributed by atoms with Gasteiger partial charge in [-0.05, 0) is 37.6 Å². The van der Waals surface area contributed by atoms with Crippen LogP contribution in [0.1, 0.15) is 28.6 Å². The fourth-order valence-corrected chi connectivity index (χ4v) is 2.42. The number of hydrogen-bond acceptors (Lipinski definition) is 4. The van der Waals surface area contributed by atoms with Crippen LogP contribution in [0.2, 0.25) is 0 Å². The Bertz CT molecular complexity index is 818. The van der Waals surface area contributed by atoms with E-state index in [9.17, 15) is 4.79 Å². The normalized spacial score (nSPS) is 10.7. The third-order valence-corrected chi connectivity index (χ3v) is 3.62. The quantitative estimate of drug-likeness (QED) is 0.651. The molecule has 0 aliphatic heterocycles. The predicted molar refractivity (Wildman–Crippen MR) is 87.7 cm³/mol. The molecule has 3 rings (SSSR count). The van der Waals surface area contributed by atoms with Crippen LogP contribution >= 0.6 is 0 Å². The van der Waals surface area contributed by atoms with Crippen LogP contribution in [0.3, 0.4) is 0 Å². The molecule has 0 amide bonds. The number of carbonyl (C=O) groups excluding carboxylic acids is 1. The van der Waals surface area contributed by atoms with E-state index in [2.05, 4.69) is 0 Å². The van der Waals surface area contributed by atoms with Gasteiger partial charge in [0.15, 0.2) is 0 Å². The molecule has 4 heteroatoms. The molecule has 0 bridgehead atoms. The summed E-state index contributed by atoms with van der Waals surface area (Å²) in [4.78, 5) is 11.9. The van der Waals surface area contributed by atoms with Crippen molar-refractivity contribution in [1.29, 1.82) is 0 Å². The largest absolute Gasteiger partial charge is 0.489 e. The molecule has 0 aliphatic carbocycles. The molecule has 0 fully saturated rings. The molecule has 4 nitrogen and oxygen atoms in total. The zero-order chi connectivity index (χ0) is 16.2. The third kappa shape index (κ3) is 3.21. The highest BCUT2D eigenvalue weighted by Gasteiger charge is 2.19. The second-order valence-electron chi connectivity index (χ2n) is 5.21. The molecule has 0 aliphatic rings. The smallest absolute Gasteiger partial charge is 0.374 e. The van der Waals surface area contributed by atoms with Gasteiger partial charge in [0.05, 0.1) is 6.61 Å². The monoisotopic (exact) mass is 310 g/mol. The van der Waals surface area contributed by atoms with E-state index in [-0.39, 0.29) is 5.76 Å². The summed E-state index contributed by atoms with van der Waals surface area (Å²) in [6, 6.07) is 15.5. The van der Waals surface area contributed by atoms with Crippen molar-refractivity contribution in [2.45, 2.75) is 20.5 Å². The van der Waals surface area contributed by atoms with Crippen molar-refractivity contribution in [1.82, 2.24) is 0 Å². The molecule has 23 heavy (non-hydrogen) atoms. The highest BCUT2D eigenvalue weighted by atomic mass is 16.5. The van der Waals surface area contributed by atoms with Crippen LogP contribution in [-0.2, 0) is 11.3 Å². The first kappa shape index (κ1) is 15.2. The molecule has 0 saturated carbocycles. The summed E-state index contributed by atoms with van der Waals surface area (Å²) in [5.41, 5.74) is 2.52. The molecular weight excluding hydrogens is 292 g/mol. The molecule has 1 aromatic heterocycles. The van der Waals surface area contributed by atoms with Gasteiger partial charge in [0.25, 0.3) is 0 Å². The number of furan rings is 1. The summed E-state index contributed by atoms with van der Waals surface area (Å²) in [6.45, 7) is 4.43. The van der Waals surface area contributed by atoms with Crippen LogP contribution in [0.4, 0.5) is 0 Å². The fraction of sp³-hybridized carbons (Fsp3) is 0.211. The van der Waals surface area contributed by atoms with Crippen molar-refractivity contribution in [3.8, 4) is 5.75 Å². The second kappa shape index (κ2) is 6.57. The summed E-state index contributed by atoms with van der Waals surface area (Å²) in [6.07, 6.45) is 0. The maximum absolute atomic E-state index is 11.9. The highest BCUT2D eigenvalue weighted by Crippen LogP contribution is 2.29. The van der Waals surface area contributed by atoms with E-state index < -0.39 is 5.97 Å². The second-order valence-corrected chi connectivity index (χ2v) is 5.21. The molecule has 0 radical (unpaired) electrons. The van der Waals surface area contributed by atoms with Crippen LogP contribution in [0.5, 0.6) is 5.75 Å². The Kier molecular flexibility index (Phi) is 4.33. The van der Waals surface area contributed by atoms with Crippen LogP contribution in [0.25, 0.3) is 11.0 Å². The van der Waals surface area contributed by atoms with Crippen molar-refractivity contribution >= 4 is 16.9 Å². The Morgan fingerprint density at radius 1 is 1.13 bits per heavy atom. The number of fused-ring (bicyclic) bond motifs is 1. The lowest BCUT2D eigenvalue weighted by Gasteiger charge is -2.06. The van der Waals surface area contributed by atoms with Crippen LogP contribution in [0.15, 0.2) is 52.9 Å². The maximum atomic E-state index is 11.9. The number of aryl methyl sites for hydroxylation is 1. The Balaban J connectivity index is 1.84. The zero-order valence-electron chi connectivity index (χ0n) is 13.2. The van der Waals surface area contributed by atoms with E-state index in [4.69, 9.17) is 13.9 Å². The highest BCUT2D eigenvalue weighted by molar-refractivity contribution is 5.96. The molecule has 0 N–H and O–H groups in total. The van der Waals surface area contributed by atoms with E-state index in [1.807, 2.05) is 55.5 Å². The average molecular weight is 310 g/mol. The van der Waals surface area contributed by atoms with E-state index in [1.54, 1.807) is 6.92 Å². The van der Waals surface area contributed by atoms with Gasteiger partial charge in [0.2, 0.25) is 5.76 Å². The van der Waals surface area contributed by atoms with Gasteiger partial charge in [-0.25, -0.2) is 4.79 Å². The number of ether oxygens (including phenoxy) is 2. The number of esters is 1. The van der Waals surface area contributed by atoms with Crippen molar-refractivity contribution < 1.29 is 18.7 Å². The molecule has 0 atom stereocenters. The standard InChI is InChI=1S/C19H18O4/c1-3-21-19(20)18-13(2)16-11-15(9-10-17(16)23-18)22-12-14-7-5-4-6-8-14/h4-11H,3,12H2,1-2H3. The van der Waals surface area contributed by atoms with E-state index in [0.29, 0.717) is 18.8 Å². The number of carbonyl (C=O) groups is 1. The minimum Gasteiger partial charge on any atom is -0.489 e. The number of rotatable bonds is 5. The van der Waals surface area contributed by atoms with E-state index in [1.165, 1.54) is 0 Å². The van der Waals surface area contributed by atoms with Gasteiger partial charge < -0.3 is 13.9 Å². The summed E-state index contributed by atoms with van der Waals surface area (Å²) in [7, 11) is 0. The predicted octanol–water partition coefficient (Wildman–Crippen LogP) is 4.50. The number of benzene rings is 2. The molecule has 2 aromatic carbocycles. The summed E-state index contributed by atoms with van der Waals surface area (Å²) in [5.74, 6) is 0.552. The Hall–Kier alpha value is -2.75. The minimum atomic E-state index is -0.437. The lowest BCUT2D eigenvalue weighted by molar-refractivity contribution is 0.0491. The van der Waals surface area contributed by atoms with Crippen LogP contribution in [-0.4, -0.2) is 12.6 Å². The molecule has 0 spiro atoms. The first-order chi connectivity index (χ1) is 11.2. The Labute approximate surface area is 134 Å². The summed E-state index contributed by atoms with van der Waals surface area (Å²) < 4.78 is 16.4. The van der Waals surface area contributed by atoms with Gasteiger partial charge in [0.1, 0.15) is 17.9 Å². The molecule has 1 heterocycles. The van der Waals surface area contributed by atoms with Gasteiger partial charge in [-0.3, -0.25) is 0 Å². The van der Waals surface area contributed by atoms with E-state index in [0.717, 1.165) is 22.3 Å². The topological polar surface area (TPSA) is 48.7 Å². The maximum Gasteiger partial charge on any atom is 0.374 e. The third-order valence-electron chi connectivity index (χ3n) is 3.62. The average Bonchev–Trinajstić information content (AvgIpc) is 2.91. The Morgan fingerprint density at radius 3 is 2.65 bits per heavy atom. The van der Waals surface area contributed by atoms with Crippen molar-refractivity contribution in [3.05, 3.63) is 65.4 Å². The van der Waals surface area contributed by atoms with E-state index >= 15 is 0 Å². The summed E-state index contributed by atoms with van der Waals surface area (Å²) >= 11 is 0. The zero-order valence-corrected chi connectivity index (χ0v) is 13.2. The van der Waals surface area contributed by atoms with Gasteiger partial charge in [-0.1, -0.05) is 30.3 Å². The molecule has 3 aromatic rings. The molecule has 0 unspecified atom stereocenters. The van der Waals surface area contributed by atoms with Gasteiger partial charge in [-0.2, -0.15) is 0 Å². The van der Waals surface area contributed by atoms with Crippen molar-refractivity contribution in [2.24, 2.45) is 0 Å². The Morgan fingerprint density at radius 2 is 1.91 bits per heavy atom. The summed E-state index contributed by atoms with van der Waals surface area (Å²) in [5, 5.41) is 0.860. The van der Waals surface area contributed by atoms with Crippen LogP contribution < -0.4 is 4.74 Å².